The second-order valence-electron chi connectivity index (χ2n) is 7.70. The van der Waals surface area contributed by atoms with E-state index in [0.29, 0.717) is 25.3 Å². The van der Waals surface area contributed by atoms with Crippen LogP contribution in [0.1, 0.15) is 49.8 Å². The second kappa shape index (κ2) is 13.2. The molecule has 1 atom stereocenters. The number of nitrogens with one attached hydrogen (secondary N) is 1. The summed E-state index contributed by atoms with van der Waals surface area (Å²) in [5.41, 5.74) is 3.10. The van der Waals surface area contributed by atoms with Crippen LogP contribution < -0.4 is 5.32 Å². The van der Waals surface area contributed by atoms with Crippen molar-refractivity contribution in [2.75, 3.05) is 12.3 Å². The molecule has 0 heterocycles. The van der Waals surface area contributed by atoms with Crippen LogP contribution in [-0.2, 0) is 21.9 Å². The standard InChI is InChI=1S/C25H33FN2O2S/c1-4-6-14-27-25(30)23(5-2)28(16-21-9-7-8-19(3)15-21)24(29)18-31-17-20-10-12-22(26)13-11-20/h7-13,15,23H,4-6,14,16-18H2,1-3H3,(H,27,30)/t23-/m0/s1. The number of amides is 2. The minimum atomic E-state index is -0.503. The normalized spacial score (nSPS) is 11.7. The maximum absolute atomic E-state index is 13.2. The third-order valence-corrected chi connectivity index (χ3v) is 6.05. The molecule has 2 amide bonds. The zero-order valence-corrected chi connectivity index (χ0v) is 19.5. The van der Waals surface area contributed by atoms with Crippen molar-refractivity contribution in [2.24, 2.45) is 0 Å². The molecular weight excluding hydrogens is 411 g/mol. The van der Waals surface area contributed by atoms with Crippen LogP contribution in [0.2, 0.25) is 0 Å². The van der Waals surface area contributed by atoms with E-state index in [1.165, 1.54) is 23.9 Å². The first-order valence-electron chi connectivity index (χ1n) is 10.9. The van der Waals surface area contributed by atoms with Crippen molar-refractivity contribution in [3.63, 3.8) is 0 Å². The maximum Gasteiger partial charge on any atom is 0.242 e. The van der Waals surface area contributed by atoms with Crippen LogP contribution >= 0.6 is 11.8 Å². The molecule has 2 aromatic carbocycles. The minimum Gasteiger partial charge on any atom is -0.354 e. The highest BCUT2D eigenvalue weighted by Crippen LogP contribution is 2.18. The first-order chi connectivity index (χ1) is 14.9. The van der Waals surface area contributed by atoms with Gasteiger partial charge < -0.3 is 10.2 Å². The topological polar surface area (TPSA) is 49.4 Å². The number of rotatable bonds is 12. The maximum atomic E-state index is 13.2. The molecule has 0 aliphatic carbocycles. The largest absolute Gasteiger partial charge is 0.354 e. The van der Waals surface area contributed by atoms with E-state index in [4.69, 9.17) is 0 Å². The Morgan fingerprint density at radius 3 is 2.48 bits per heavy atom. The first-order valence-corrected chi connectivity index (χ1v) is 12.0. The summed E-state index contributed by atoms with van der Waals surface area (Å²) in [6, 6.07) is 13.8. The Morgan fingerprint density at radius 2 is 1.84 bits per heavy atom. The molecule has 31 heavy (non-hydrogen) atoms. The highest BCUT2D eigenvalue weighted by molar-refractivity contribution is 7.99. The lowest BCUT2D eigenvalue weighted by Gasteiger charge is -2.30. The van der Waals surface area contributed by atoms with Gasteiger partial charge in [-0.1, -0.05) is 62.2 Å². The van der Waals surface area contributed by atoms with E-state index in [2.05, 4.69) is 12.2 Å². The lowest BCUT2D eigenvalue weighted by atomic mass is 10.1. The van der Waals surface area contributed by atoms with Gasteiger partial charge in [-0.25, -0.2) is 4.39 Å². The molecular formula is C25H33FN2O2S. The van der Waals surface area contributed by atoms with Crippen LogP contribution in [0, 0.1) is 12.7 Å². The van der Waals surface area contributed by atoms with Crippen molar-refractivity contribution in [2.45, 2.75) is 58.4 Å². The Morgan fingerprint density at radius 1 is 1.10 bits per heavy atom. The first kappa shape index (κ1) is 24.9. The van der Waals surface area contributed by atoms with Gasteiger partial charge in [0.1, 0.15) is 11.9 Å². The summed E-state index contributed by atoms with van der Waals surface area (Å²) < 4.78 is 13.1. The molecule has 0 aliphatic heterocycles. The summed E-state index contributed by atoms with van der Waals surface area (Å²) in [5.74, 6) is 0.451. The minimum absolute atomic E-state index is 0.0638. The van der Waals surface area contributed by atoms with Gasteiger partial charge in [0.05, 0.1) is 5.75 Å². The SMILES string of the molecule is CCCCNC(=O)[C@H](CC)N(Cc1cccc(C)c1)C(=O)CSCc1ccc(F)cc1. The lowest BCUT2D eigenvalue weighted by molar-refractivity contribution is -0.139. The van der Waals surface area contributed by atoms with Gasteiger partial charge >= 0.3 is 0 Å². The van der Waals surface area contributed by atoms with Crippen LogP contribution in [0.15, 0.2) is 48.5 Å². The van der Waals surface area contributed by atoms with Crippen LogP contribution in [0.4, 0.5) is 4.39 Å². The molecule has 0 radical (unpaired) electrons. The number of halogens is 1. The summed E-state index contributed by atoms with van der Waals surface area (Å²) in [5, 5.41) is 2.98. The second-order valence-corrected chi connectivity index (χ2v) is 8.68. The van der Waals surface area contributed by atoms with Gasteiger partial charge in [0.2, 0.25) is 11.8 Å². The van der Waals surface area contributed by atoms with Gasteiger partial charge in [0, 0.05) is 18.8 Å². The van der Waals surface area contributed by atoms with Gasteiger partial charge in [-0.05, 0) is 43.0 Å². The molecule has 0 bridgehead atoms. The van der Waals surface area contributed by atoms with Crippen molar-refractivity contribution in [1.29, 1.82) is 0 Å². The summed E-state index contributed by atoms with van der Waals surface area (Å²) in [7, 11) is 0. The van der Waals surface area contributed by atoms with Crippen LogP contribution in [-0.4, -0.2) is 35.1 Å². The fourth-order valence-electron chi connectivity index (χ4n) is 3.35. The number of thioether (sulfide) groups is 1. The molecule has 0 saturated carbocycles. The van der Waals surface area contributed by atoms with Crippen LogP contribution in [0.3, 0.4) is 0 Å². The monoisotopic (exact) mass is 444 g/mol. The Kier molecular flexibility index (Phi) is 10.6. The molecule has 0 unspecified atom stereocenters. The highest BCUT2D eigenvalue weighted by Gasteiger charge is 2.28. The number of hydrogen-bond donors (Lipinski definition) is 1. The molecule has 0 aromatic heterocycles. The number of benzene rings is 2. The van der Waals surface area contributed by atoms with Gasteiger partial charge in [-0.3, -0.25) is 9.59 Å². The van der Waals surface area contributed by atoms with E-state index in [1.54, 1.807) is 17.0 Å². The van der Waals surface area contributed by atoms with Crippen LogP contribution in [0.25, 0.3) is 0 Å². The van der Waals surface area contributed by atoms with Crippen LogP contribution in [0.5, 0.6) is 0 Å². The van der Waals surface area contributed by atoms with Crippen molar-refractivity contribution >= 4 is 23.6 Å². The Labute approximate surface area is 189 Å². The number of aryl methyl sites for hydroxylation is 1. The molecule has 6 heteroatoms. The third kappa shape index (κ3) is 8.37. The molecule has 4 nitrogen and oxygen atoms in total. The van der Waals surface area contributed by atoms with Crippen molar-refractivity contribution in [3.8, 4) is 0 Å². The van der Waals surface area contributed by atoms with E-state index >= 15 is 0 Å². The lowest BCUT2D eigenvalue weighted by Crippen LogP contribution is -2.49. The van der Waals surface area contributed by atoms with Crippen molar-refractivity contribution < 1.29 is 14.0 Å². The Balaban J connectivity index is 2.09. The Hall–Kier alpha value is -2.34. The van der Waals surface area contributed by atoms with Gasteiger partial charge in [0.25, 0.3) is 0 Å². The number of carbonyl (C=O) groups is 2. The summed E-state index contributed by atoms with van der Waals surface area (Å²) >= 11 is 1.48. The average Bonchev–Trinajstić information content (AvgIpc) is 2.75. The Bertz CT molecular complexity index is 842. The highest BCUT2D eigenvalue weighted by atomic mass is 32.2. The molecule has 0 spiro atoms. The molecule has 2 rings (SSSR count). The number of carbonyl (C=O) groups excluding carboxylic acids is 2. The summed E-state index contributed by atoms with van der Waals surface area (Å²) in [4.78, 5) is 27.7. The predicted octanol–water partition coefficient (Wildman–Crippen LogP) is 5.09. The fourth-order valence-corrected chi connectivity index (χ4v) is 4.22. The van der Waals surface area contributed by atoms with Gasteiger partial charge in [-0.2, -0.15) is 0 Å². The molecule has 1 N–H and O–H groups in total. The molecule has 0 saturated heterocycles. The molecule has 2 aromatic rings. The van der Waals surface area contributed by atoms with Gasteiger partial charge in [-0.15, -0.1) is 11.8 Å². The third-order valence-electron chi connectivity index (χ3n) is 5.06. The summed E-state index contributed by atoms with van der Waals surface area (Å²) in [6.07, 6.45) is 2.47. The predicted molar refractivity (Wildman–Crippen MR) is 126 cm³/mol. The fraction of sp³-hybridized carbons (Fsp3) is 0.440. The smallest absolute Gasteiger partial charge is 0.242 e. The summed E-state index contributed by atoms with van der Waals surface area (Å²) in [6.45, 7) is 7.06. The zero-order valence-electron chi connectivity index (χ0n) is 18.7. The number of hydrogen-bond acceptors (Lipinski definition) is 3. The molecule has 0 aliphatic rings. The van der Waals surface area contributed by atoms with E-state index in [0.717, 1.165) is 29.5 Å². The quantitative estimate of drug-likeness (QED) is 0.464. The molecule has 0 fully saturated rings. The van der Waals surface area contributed by atoms with E-state index in [1.807, 2.05) is 38.1 Å². The van der Waals surface area contributed by atoms with Crippen molar-refractivity contribution in [3.05, 3.63) is 71.0 Å². The van der Waals surface area contributed by atoms with E-state index in [9.17, 15) is 14.0 Å². The zero-order chi connectivity index (χ0) is 22.6. The van der Waals surface area contributed by atoms with E-state index in [-0.39, 0.29) is 23.4 Å². The number of nitrogens with zero attached hydrogens (tertiary/aromatic N) is 1. The molecule has 168 valence electrons. The van der Waals surface area contributed by atoms with E-state index < -0.39 is 6.04 Å². The average molecular weight is 445 g/mol. The van der Waals surface area contributed by atoms with Crippen molar-refractivity contribution in [1.82, 2.24) is 10.2 Å². The number of unbranched alkanes of at least 4 members (excludes halogenated alkanes) is 1. The van der Waals surface area contributed by atoms with Gasteiger partial charge in [0.15, 0.2) is 0 Å².